The van der Waals surface area contributed by atoms with Gasteiger partial charge in [0.05, 0.1) is 0 Å². The lowest BCUT2D eigenvalue weighted by molar-refractivity contribution is 0.148. The zero-order valence-electron chi connectivity index (χ0n) is 9.41. The van der Waals surface area contributed by atoms with Gasteiger partial charge in [0, 0.05) is 19.1 Å². The lowest BCUT2D eigenvalue weighted by Gasteiger charge is -2.40. The minimum Gasteiger partial charge on any atom is -0.301 e. The zero-order valence-corrected chi connectivity index (χ0v) is 10.2. The van der Waals surface area contributed by atoms with E-state index < -0.39 is 0 Å². The minimum atomic E-state index is 0.825. The molecular weight excluding hydrogens is 192 g/mol. The van der Waals surface area contributed by atoms with Crippen LogP contribution in [0.5, 0.6) is 0 Å². The summed E-state index contributed by atoms with van der Waals surface area (Å²) in [6, 6.07) is 0.825. The molecule has 2 rings (SSSR count). The van der Waals surface area contributed by atoms with Gasteiger partial charge in [-0.3, -0.25) is 4.31 Å². The van der Waals surface area contributed by atoms with Crippen LogP contribution in [0.25, 0.3) is 0 Å². The molecule has 1 unspecified atom stereocenters. The van der Waals surface area contributed by atoms with Crippen molar-refractivity contribution < 1.29 is 0 Å². The predicted octanol–water partition coefficient (Wildman–Crippen LogP) is 2.07. The molecule has 0 aliphatic carbocycles. The van der Waals surface area contributed by atoms with Crippen LogP contribution in [0.1, 0.15) is 26.2 Å². The molecule has 14 heavy (non-hydrogen) atoms. The Morgan fingerprint density at radius 2 is 1.93 bits per heavy atom. The summed E-state index contributed by atoms with van der Waals surface area (Å²) in [6.45, 7) is 7.74. The van der Waals surface area contributed by atoms with E-state index in [1.165, 1.54) is 45.4 Å². The van der Waals surface area contributed by atoms with Gasteiger partial charge in [-0.2, -0.15) is 0 Å². The van der Waals surface area contributed by atoms with Crippen molar-refractivity contribution in [3.8, 4) is 0 Å². The first-order valence-electron chi connectivity index (χ1n) is 5.82. The molecule has 1 atom stereocenters. The molecule has 0 saturated carbocycles. The standard InChI is InChI=1S/C11H22N2S/c1-10(12-5-3-4-6-12)7-11-8-13(9-11)14-2/h10-11H,3-9H2,1-2H3. The second kappa shape index (κ2) is 4.86. The van der Waals surface area contributed by atoms with E-state index in [0.717, 1.165) is 12.0 Å². The van der Waals surface area contributed by atoms with Gasteiger partial charge in [0.2, 0.25) is 0 Å². The SMILES string of the molecule is CSN1CC(CC(C)N2CCCC2)C1. The van der Waals surface area contributed by atoms with Crippen LogP contribution in [0.3, 0.4) is 0 Å². The number of likely N-dealkylation sites (tertiary alicyclic amines) is 1. The van der Waals surface area contributed by atoms with E-state index in [4.69, 9.17) is 0 Å². The average Bonchev–Trinajstić information content (AvgIpc) is 2.62. The zero-order chi connectivity index (χ0) is 9.97. The summed E-state index contributed by atoms with van der Waals surface area (Å²) in [6.07, 6.45) is 6.44. The summed E-state index contributed by atoms with van der Waals surface area (Å²) in [5.41, 5.74) is 0. The van der Waals surface area contributed by atoms with Gasteiger partial charge >= 0.3 is 0 Å². The Bertz CT molecular complexity index is 174. The highest BCUT2D eigenvalue weighted by Crippen LogP contribution is 2.27. The second-order valence-electron chi connectivity index (χ2n) is 4.72. The topological polar surface area (TPSA) is 6.48 Å². The molecule has 0 N–H and O–H groups in total. The van der Waals surface area contributed by atoms with Crippen molar-refractivity contribution in [2.75, 3.05) is 32.4 Å². The quantitative estimate of drug-likeness (QED) is 0.662. The van der Waals surface area contributed by atoms with Crippen LogP contribution in [0.2, 0.25) is 0 Å². The maximum absolute atomic E-state index is 2.67. The molecular formula is C11H22N2S. The maximum atomic E-state index is 2.67. The van der Waals surface area contributed by atoms with Crippen molar-refractivity contribution in [3.63, 3.8) is 0 Å². The Hall–Kier alpha value is 0.270. The Kier molecular flexibility index (Phi) is 3.74. The van der Waals surface area contributed by atoms with Gasteiger partial charge in [0.15, 0.2) is 0 Å². The second-order valence-corrected chi connectivity index (χ2v) is 5.60. The highest BCUT2D eigenvalue weighted by Gasteiger charge is 2.29. The maximum Gasteiger partial charge on any atom is 0.0131 e. The summed E-state index contributed by atoms with van der Waals surface area (Å²) in [7, 11) is 0. The van der Waals surface area contributed by atoms with Gasteiger partial charge in [-0.05, 0) is 51.4 Å². The van der Waals surface area contributed by atoms with E-state index in [-0.39, 0.29) is 0 Å². The molecule has 0 aromatic carbocycles. The summed E-state index contributed by atoms with van der Waals surface area (Å²) in [4.78, 5) is 2.67. The molecule has 0 bridgehead atoms. The summed E-state index contributed by atoms with van der Waals surface area (Å²) in [5, 5.41) is 0. The highest BCUT2D eigenvalue weighted by molar-refractivity contribution is 7.96. The van der Waals surface area contributed by atoms with Crippen molar-refractivity contribution in [1.29, 1.82) is 0 Å². The van der Waals surface area contributed by atoms with Crippen molar-refractivity contribution >= 4 is 11.9 Å². The van der Waals surface area contributed by atoms with Crippen LogP contribution in [0.15, 0.2) is 0 Å². The third kappa shape index (κ3) is 2.44. The molecule has 2 nitrogen and oxygen atoms in total. The van der Waals surface area contributed by atoms with E-state index in [1.54, 1.807) is 0 Å². The van der Waals surface area contributed by atoms with Gasteiger partial charge < -0.3 is 4.90 Å². The van der Waals surface area contributed by atoms with Gasteiger partial charge in [-0.25, -0.2) is 0 Å². The molecule has 0 aromatic heterocycles. The van der Waals surface area contributed by atoms with Gasteiger partial charge in [0.1, 0.15) is 0 Å². The summed E-state index contributed by atoms with van der Waals surface area (Å²) < 4.78 is 2.46. The average molecular weight is 214 g/mol. The fraction of sp³-hybridized carbons (Fsp3) is 1.00. The highest BCUT2D eigenvalue weighted by atomic mass is 32.2. The summed E-state index contributed by atoms with van der Waals surface area (Å²) >= 11 is 1.89. The van der Waals surface area contributed by atoms with Gasteiger partial charge in [-0.15, -0.1) is 0 Å². The van der Waals surface area contributed by atoms with E-state index in [2.05, 4.69) is 22.4 Å². The first-order chi connectivity index (χ1) is 6.79. The fourth-order valence-electron chi connectivity index (χ4n) is 2.63. The Labute approximate surface area is 92.2 Å². The normalized spacial score (nSPS) is 27.9. The van der Waals surface area contributed by atoms with Crippen LogP contribution in [-0.4, -0.2) is 47.7 Å². The van der Waals surface area contributed by atoms with Gasteiger partial charge in [-0.1, -0.05) is 11.9 Å². The van der Waals surface area contributed by atoms with Crippen LogP contribution in [0, 0.1) is 5.92 Å². The molecule has 2 fully saturated rings. The predicted molar refractivity (Wildman–Crippen MR) is 63.5 cm³/mol. The van der Waals surface area contributed by atoms with Crippen molar-refractivity contribution in [1.82, 2.24) is 9.21 Å². The molecule has 2 aliphatic rings. The van der Waals surface area contributed by atoms with Crippen molar-refractivity contribution in [2.24, 2.45) is 5.92 Å². The lowest BCUT2D eigenvalue weighted by Crippen LogP contribution is -2.45. The van der Waals surface area contributed by atoms with E-state index in [9.17, 15) is 0 Å². The van der Waals surface area contributed by atoms with E-state index in [0.29, 0.717) is 0 Å². The molecule has 0 aromatic rings. The Morgan fingerprint density at radius 1 is 1.29 bits per heavy atom. The van der Waals surface area contributed by atoms with Crippen LogP contribution in [-0.2, 0) is 0 Å². The Balaban J connectivity index is 1.65. The lowest BCUT2D eigenvalue weighted by atomic mass is 9.94. The van der Waals surface area contributed by atoms with Crippen molar-refractivity contribution in [3.05, 3.63) is 0 Å². The third-order valence-electron chi connectivity index (χ3n) is 3.62. The molecule has 3 heteroatoms. The van der Waals surface area contributed by atoms with Crippen LogP contribution >= 0.6 is 11.9 Å². The smallest absolute Gasteiger partial charge is 0.0131 e. The fourth-order valence-corrected chi connectivity index (χ4v) is 3.35. The minimum absolute atomic E-state index is 0.825. The van der Waals surface area contributed by atoms with Crippen LogP contribution in [0.4, 0.5) is 0 Å². The monoisotopic (exact) mass is 214 g/mol. The van der Waals surface area contributed by atoms with E-state index in [1.807, 2.05) is 11.9 Å². The molecule has 2 aliphatic heterocycles. The molecule has 0 spiro atoms. The molecule has 0 radical (unpaired) electrons. The first kappa shape index (κ1) is 10.8. The number of hydrogen-bond donors (Lipinski definition) is 0. The van der Waals surface area contributed by atoms with Crippen LogP contribution < -0.4 is 0 Å². The first-order valence-corrected chi connectivity index (χ1v) is 7.01. The van der Waals surface area contributed by atoms with Gasteiger partial charge in [0.25, 0.3) is 0 Å². The summed E-state index contributed by atoms with van der Waals surface area (Å²) in [5.74, 6) is 0.970. The molecule has 2 saturated heterocycles. The number of nitrogens with zero attached hydrogens (tertiary/aromatic N) is 2. The molecule has 0 amide bonds. The van der Waals surface area contributed by atoms with E-state index >= 15 is 0 Å². The van der Waals surface area contributed by atoms with Crippen molar-refractivity contribution in [2.45, 2.75) is 32.2 Å². The third-order valence-corrected chi connectivity index (χ3v) is 4.43. The number of rotatable bonds is 4. The largest absolute Gasteiger partial charge is 0.301 e. The molecule has 82 valence electrons. The number of hydrogen-bond acceptors (Lipinski definition) is 3. The molecule has 2 heterocycles. The Morgan fingerprint density at radius 3 is 2.50 bits per heavy atom.